The van der Waals surface area contributed by atoms with E-state index in [-0.39, 0.29) is 17.9 Å². The number of nitrogens with one attached hydrogen (secondary N) is 1. The zero-order valence-corrected chi connectivity index (χ0v) is 18.9. The van der Waals surface area contributed by atoms with Gasteiger partial charge in [-0.05, 0) is 52.4 Å². The highest BCUT2D eigenvalue weighted by atomic mass is 16.1. The maximum atomic E-state index is 13.9. The Bertz CT molecular complexity index is 1780. The highest BCUT2D eigenvalue weighted by Gasteiger charge is 2.25. The smallest absolute Gasteiger partial charge is 0.312 e. The maximum absolute atomic E-state index is 13.9. The number of benzene rings is 2. The summed E-state index contributed by atoms with van der Waals surface area (Å²) < 4.78 is 3.41. The number of nitrogens with two attached hydrogens (primary N) is 1. The molecule has 0 atom stereocenters. The van der Waals surface area contributed by atoms with Crippen LogP contribution in [0.25, 0.3) is 33.3 Å². The standard InChI is InChI=1S/C23H19N11O/c1-13-6-3-4-9-17(13)33-16(10-15-8-5-7-14(2)18(15)23(33)35)11-32-21-19(20(24)25-12-26-21)22(27-32)34-30-28-29-31-34/h3-10,12H,11H2,1-2H3,(H2,24,25,26,27)/p+1. The van der Waals surface area contributed by atoms with Gasteiger partial charge in [-0.25, -0.2) is 9.97 Å². The third-order valence-electron chi connectivity index (χ3n) is 6.05. The summed E-state index contributed by atoms with van der Waals surface area (Å²) in [5.41, 5.74) is 10.00. The molecule has 2 aromatic carbocycles. The minimum Gasteiger partial charge on any atom is -0.383 e. The van der Waals surface area contributed by atoms with E-state index in [2.05, 4.69) is 35.9 Å². The molecule has 0 aliphatic rings. The SMILES string of the molecule is Cc1ccccc1-n1c(Cn2nc(-[n+]3nnn[nH]3)c3c(N)ncnc32)cc2cccc(C)c2c1=O. The van der Waals surface area contributed by atoms with Crippen molar-refractivity contribution in [3.8, 4) is 11.5 Å². The highest BCUT2D eigenvalue weighted by Crippen LogP contribution is 2.24. The number of hydrogen-bond donors (Lipinski definition) is 2. The summed E-state index contributed by atoms with van der Waals surface area (Å²) in [6.45, 7) is 4.17. The van der Waals surface area contributed by atoms with E-state index in [1.807, 2.05) is 62.4 Å². The van der Waals surface area contributed by atoms with Gasteiger partial charge >= 0.3 is 5.82 Å². The number of para-hydroxylation sites is 1. The summed E-state index contributed by atoms with van der Waals surface area (Å²) in [4.78, 5) is 23.7. The predicted molar refractivity (Wildman–Crippen MR) is 127 cm³/mol. The van der Waals surface area contributed by atoms with Crippen LogP contribution in [0.15, 0.2) is 59.7 Å². The second-order valence-corrected chi connectivity index (χ2v) is 8.23. The first-order chi connectivity index (χ1) is 17.0. The molecule has 6 aromatic rings. The molecule has 4 aromatic heterocycles. The van der Waals surface area contributed by atoms with Crippen molar-refractivity contribution in [2.45, 2.75) is 20.4 Å². The van der Waals surface area contributed by atoms with Gasteiger partial charge in [0.15, 0.2) is 10.9 Å². The van der Waals surface area contributed by atoms with Crippen molar-refractivity contribution in [3.63, 3.8) is 0 Å². The summed E-state index contributed by atoms with van der Waals surface area (Å²) >= 11 is 0. The van der Waals surface area contributed by atoms with Crippen LogP contribution in [0.1, 0.15) is 16.8 Å². The molecule has 0 spiro atoms. The zero-order chi connectivity index (χ0) is 24.1. The number of aryl methyl sites for hydroxylation is 2. The summed E-state index contributed by atoms with van der Waals surface area (Å²) in [6.07, 6.45) is 1.38. The monoisotopic (exact) mass is 466 g/mol. The quantitative estimate of drug-likeness (QED) is 0.368. The van der Waals surface area contributed by atoms with Gasteiger partial charge in [-0.2, -0.15) is 4.68 Å². The van der Waals surface area contributed by atoms with Crippen molar-refractivity contribution in [1.82, 2.24) is 45.2 Å². The van der Waals surface area contributed by atoms with Gasteiger partial charge in [0.05, 0.1) is 17.6 Å². The Kier molecular flexibility index (Phi) is 4.59. The Balaban J connectivity index is 1.64. The largest absolute Gasteiger partial charge is 0.383 e. The molecule has 0 bridgehead atoms. The van der Waals surface area contributed by atoms with Gasteiger partial charge in [0.2, 0.25) is 0 Å². The number of aromatic nitrogens is 10. The van der Waals surface area contributed by atoms with E-state index in [0.29, 0.717) is 22.2 Å². The number of fused-ring (bicyclic) bond motifs is 2. The predicted octanol–water partition coefficient (Wildman–Crippen LogP) is 1.17. The minimum absolute atomic E-state index is 0.0930. The van der Waals surface area contributed by atoms with Crippen LogP contribution in [-0.2, 0) is 6.54 Å². The van der Waals surface area contributed by atoms with E-state index < -0.39 is 0 Å². The van der Waals surface area contributed by atoms with Crippen LogP contribution < -0.4 is 16.1 Å². The number of hydrogen-bond acceptors (Lipinski definition) is 8. The van der Waals surface area contributed by atoms with E-state index in [4.69, 9.17) is 5.73 Å². The molecule has 0 aliphatic heterocycles. The third kappa shape index (κ3) is 3.22. The molecule has 0 saturated heterocycles. The van der Waals surface area contributed by atoms with Gasteiger partial charge in [-0.15, -0.1) is 0 Å². The Morgan fingerprint density at radius 2 is 1.86 bits per heavy atom. The second-order valence-electron chi connectivity index (χ2n) is 8.23. The fourth-order valence-corrected chi connectivity index (χ4v) is 4.44. The lowest BCUT2D eigenvalue weighted by Gasteiger charge is -2.17. The number of pyridine rings is 1. The molecule has 0 saturated carbocycles. The lowest BCUT2D eigenvalue weighted by atomic mass is 10.1. The molecule has 3 N–H and O–H groups in total. The number of anilines is 1. The van der Waals surface area contributed by atoms with Gasteiger partial charge in [0, 0.05) is 5.69 Å². The fraction of sp³-hybridized carbons (Fsp3) is 0.130. The molecule has 0 unspecified atom stereocenters. The summed E-state index contributed by atoms with van der Waals surface area (Å²) in [5.74, 6) is 0.593. The topological polar surface area (TPSA) is 150 Å². The second kappa shape index (κ2) is 7.80. The van der Waals surface area contributed by atoms with Crippen molar-refractivity contribution in [2.75, 3.05) is 5.73 Å². The van der Waals surface area contributed by atoms with Crippen LogP contribution in [0.5, 0.6) is 0 Å². The number of nitrogen functional groups attached to an aromatic ring is 1. The molecule has 0 aliphatic carbocycles. The molecule has 0 fully saturated rings. The number of aromatic amines is 1. The van der Waals surface area contributed by atoms with E-state index in [0.717, 1.165) is 27.9 Å². The Morgan fingerprint density at radius 1 is 1.03 bits per heavy atom. The summed E-state index contributed by atoms with van der Waals surface area (Å²) in [5, 5.41) is 20.5. The minimum atomic E-state index is -0.0930. The fourth-order valence-electron chi connectivity index (χ4n) is 4.44. The molecule has 12 nitrogen and oxygen atoms in total. The van der Waals surface area contributed by atoms with Crippen LogP contribution in [0.3, 0.4) is 0 Å². The van der Waals surface area contributed by atoms with Crippen LogP contribution in [0.2, 0.25) is 0 Å². The molecular weight excluding hydrogens is 446 g/mol. The van der Waals surface area contributed by atoms with Gasteiger partial charge in [-0.1, -0.05) is 41.6 Å². The first-order valence-corrected chi connectivity index (χ1v) is 10.9. The molecule has 35 heavy (non-hydrogen) atoms. The van der Waals surface area contributed by atoms with Crippen molar-refractivity contribution >= 4 is 27.6 Å². The van der Waals surface area contributed by atoms with E-state index >= 15 is 0 Å². The molecule has 0 radical (unpaired) electrons. The normalized spacial score (nSPS) is 11.5. The van der Waals surface area contributed by atoms with Gasteiger partial charge in [-0.3, -0.25) is 9.36 Å². The first-order valence-electron chi connectivity index (χ1n) is 10.9. The maximum Gasteiger partial charge on any atom is 0.312 e. The van der Waals surface area contributed by atoms with Gasteiger partial charge in [0.1, 0.15) is 28.0 Å². The number of nitrogens with zero attached hydrogens (tertiary/aromatic N) is 9. The summed E-state index contributed by atoms with van der Waals surface area (Å²) in [7, 11) is 0. The van der Waals surface area contributed by atoms with Crippen LogP contribution >= 0.6 is 0 Å². The highest BCUT2D eigenvalue weighted by molar-refractivity contribution is 5.90. The average molecular weight is 466 g/mol. The number of H-pyrrole nitrogens is 1. The molecule has 4 heterocycles. The van der Waals surface area contributed by atoms with E-state index in [1.165, 1.54) is 11.1 Å². The van der Waals surface area contributed by atoms with Crippen LogP contribution in [0.4, 0.5) is 5.82 Å². The molecule has 12 heteroatoms. The molecule has 0 amide bonds. The van der Waals surface area contributed by atoms with Gasteiger partial charge < -0.3 is 5.73 Å². The van der Waals surface area contributed by atoms with Crippen molar-refractivity contribution < 1.29 is 4.80 Å². The molecular formula is C23H20N11O+. The average Bonchev–Trinajstić information content (AvgIpc) is 3.49. The van der Waals surface area contributed by atoms with Crippen molar-refractivity contribution in [3.05, 3.63) is 82.0 Å². The van der Waals surface area contributed by atoms with Gasteiger partial charge in [0.25, 0.3) is 5.56 Å². The van der Waals surface area contributed by atoms with Crippen molar-refractivity contribution in [2.24, 2.45) is 0 Å². The Hall–Kier alpha value is -5.00. The van der Waals surface area contributed by atoms with Crippen molar-refractivity contribution in [1.29, 1.82) is 0 Å². The van der Waals surface area contributed by atoms with E-state index in [9.17, 15) is 4.79 Å². The van der Waals surface area contributed by atoms with Crippen LogP contribution in [-0.4, -0.2) is 45.2 Å². The Morgan fingerprint density at radius 3 is 2.66 bits per heavy atom. The Labute approximate surface area is 197 Å². The first kappa shape index (κ1) is 20.6. The lowest BCUT2D eigenvalue weighted by molar-refractivity contribution is -0.721. The molecule has 172 valence electrons. The van der Waals surface area contributed by atoms with Crippen LogP contribution in [0, 0.1) is 13.8 Å². The number of rotatable bonds is 4. The zero-order valence-electron chi connectivity index (χ0n) is 18.9. The summed E-state index contributed by atoms with van der Waals surface area (Å²) in [6, 6.07) is 15.6. The lowest BCUT2D eigenvalue weighted by Crippen LogP contribution is -2.37. The third-order valence-corrected chi connectivity index (χ3v) is 6.05. The molecule has 6 rings (SSSR count). The van der Waals surface area contributed by atoms with E-state index in [1.54, 1.807) is 9.25 Å².